The first-order chi connectivity index (χ1) is 9.29. The molecule has 2 aliphatic heterocycles. The van der Waals surface area contributed by atoms with E-state index in [-0.39, 0.29) is 0 Å². The highest BCUT2D eigenvalue weighted by molar-refractivity contribution is 4.85. The molecule has 0 aliphatic carbocycles. The van der Waals surface area contributed by atoms with E-state index in [9.17, 15) is 0 Å². The van der Waals surface area contributed by atoms with Crippen LogP contribution in [0.25, 0.3) is 0 Å². The number of likely N-dealkylation sites (tertiary alicyclic amines) is 2. The summed E-state index contributed by atoms with van der Waals surface area (Å²) in [7, 11) is 0. The molecule has 2 aliphatic rings. The Balaban J connectivity index is 1.53. The average molecular weight is 267 g/mol. The second-order valence-corrected chi connectivity index (χ2v) is 6.44. The van der Waals surface area contributed by atoms with Crippen molar-refractivity contribution < 1.29 is 0 Å². The summed E-state index contributed by atoms with van der Waals surface area (Å²) in [5, 5.41) is 3.50. The Morgan fingerprint density at radius 3 is 2.68 bits per heavy atom. The van der Waals surface area contributed by atoms with Gasteiger partial charge in [-0.3, -0.25) is 4.90 Å². The fourth-order valence-electron chi connectivity index (χ4n) is 3.66. The zero-order valence-electron chi connectivity index (χ0n) is 13.0. The molecule has 2 rings (SSSR count). The van der Waals surface area contributed by atoms with Gasteiger partial charge in [-0.05, 0) is 71.8 Å². The number of nitrogens with one attached hydrogen (secondary N) is 1. The van der Waals surface area contributed by atoms with E-state index in [0.29, 0.717) is 6.04 Å². The minimum Gasteiger partial charge on any atom is -0.315 e. The van der Waals surface area contributed by atoms with Crippen molar-refractivity contribution in [2.75, 3.05) is 39.3 Å². The molecule has 3 heteroatoms. The first kappa shape index (κ1) is 15.3. The predicted octanol–water partition coefficient (Wildman–Crippen LogP) is 2.32. The third kappa shape index (κ3) is 5.05. The highest BCUT2D eigenvalue weighted by atomic mass is 15.3. The van der Waals surface area contributed by atoms with Gasteiger partial charge in [0.05, 0.1) is 0 Å². The molecule has 2 heterocycles. The third-order valence-electron chi connectivity index (χ3n) is 4.82. The van der Waals surface area contributed by atoms with Gasteiger partial charge >= 0.3 is 0 Å². The molecule has 0 aromatic carbocycles. The number of unbranched alkanes of at least 4 members (excludes halogenated alkanes) is 1. The molecule has 2 saturated heterocycles. The standard InChI is InChI=1S/C16H33N3/c1-3-17-15(2)8-4-5-10-18-13-9-16(14-18)19-11-6-7-12-19/h15-17H,3-14H2,1-2H3. The number of nitrogens with zero attached hydrogens (tertiary/aromatic N) is 2. The van der Waals surface area contributed by atoms with Crippen molar-refractivity contribution in [2.24, 2.45) is 0 Å². The van der Waals surface area contributed by atoms with Crippen LogP contribution in [0.5, 0.6) is 0 Å². The Labute approximate surface area is 119 Å². The summed E-state index contributed by atoms with van der Waals surface area (Å²) in [5.74, 6) is 0. The Hall–Kier alpha value is -0.120. The molecule has 2 fully saturated rings. The monoisotopic (exact) mass is 267 g/mol. The molecule has 0 spiro atoms. The molecule has 0 aromatic heterocycles. The first-order valence-electron chi connectivity index (χ1n) is 8.49. The number of rotatable bonds is 8. The SMILES string of the molecule is CCNC(C)CCCCN1CCC(N2CCCC2)C1. The van der Waals surface area contributed by atoms with Gasteiger partial charge in [0.25, 0.3) is 0 Å². The molecule has 0 radical (unpaired) electrons. The predicted molar refractivity (Wildman–Crippen MR) is 82.6 cm³/mol. The van der Waals surface area contributed by atoms with E-state index < -0.39 is 0 Å². The summed E-state index contributed by atoms with van der Waals surface area (Å²) >= 11 is 0. The van der Waals surface area contributed by atoms with Crippen molar-refractivity contribution >= 4 is 0 Å². The van der Waals surface area contributed by atoms with Gasteiger partial charge in [0.2, 0.25) is 0 Å². The Bertz CT molecular complexity index is 238. The van der Waals surface area contributed by atoms with Gasteiger partial charge in [0.1, 0.15) is 0 Å². The van der Waals surface area contributed by atoms with Gasteiger partial charge in [0.15, 0.2) is 0 Å². The molecule has 0 aromatic rings. The molecular formula is C16H33N3. The van der Waals surface area contributed by atoms with E-state index in [0.717, 1.165) is 12.6 Å². The lowest BCUT2D eigenvalue weighted by molar-refractivity contribution is 0.230. The molecule has 3 nitrogen and oxygen atoms in total. The lowest BCUT2D eigenvalue weighted by atomic mass is 10.1. The van der Waals surface area contributed by atoms with E-state index in [1.54, 1.807) is 0 Å². The summed E-state index contributed by atoms with van der Waals surface area (Å²) in [5.41, 5.74) is 0. The normalized spacial score (nSPS) is 27.2. The quantitative estimate of drug-likeness (QED) is 0.681. The molecule has 112 valence electrons. The smallest absolute Gasteiger partial charge is 0.0235 e. The van der Waals surface area contributed by atoms with Crippen LogP contribution in [0.2, 0.25) is 0 Å². The molecule has 19 heavy (non-hydrogen) atoms. The zero-order chi connectivity index (χ0) is 13.5. The van der Waals surface area contributed by atoms with Gasteiger partial charge < -0.3 is 10.2 Å². The van der Waals surface area contributed by atoms with Crippen molar-refractivity contribution in [1.82, 2.24) is 15.1 Å². The van der Waals surface area contributed by atoms with Crippen LogP contribution in [0.3, 0.4) is 0 Å². The maximum absolute atomic E-state index is 3.50. The van der Waals surface area contributed by atoms with Crippen molar-refractivity contribution in [3.05, 3.63) is 0 Å². The lowest BCUT2D eigenvalue weighted by Crippen LogP contribution is -2.35. The van der Waals surface area contributed by atoms with Crippen LogP contribution >= 0.6 is 0 Å². The van der Waals surface area contributed by atoms with Crippen molar-refractivity contribution in [3.8, 4) is 0 Å². The Kier molecular flexibility index (Phi) is 6.62. The van der Waals surface area contributed by atoms with Crippen LogP contribution in [-0.2, 0) is 0 Å². The van der Waals surface area contributed by atoms with E-state index in [4.69, 9.17) is 0 Å². The Morgan fingerprint density at radius 2 is 1.95 bits per heavy atom. The minimum atomic E-state index is 0.695. The highest BCUT2D eigenvalue weighted by Gasteiger charge is 2.28. The summed E-state index contributed by atoms with van der Waals surface area (Å²) in [6.45, 7) is 12.3. The van der Waals surface area contributed by atoms with Crippen LogP contribution in [-0.4, -0.2) is 61.2 Å². The molecule has 0 bridgehead atoms. The van der Waals surface area contributed by atoms with Gasteiger partial charge in [-0.2, -0.15) is 0 Å². The minimum absolute atomic E-state index is 0.695. The molecule has 1 N–H and O–H groups in total. The molecule has 0 saturated carbocycles. The highest BCUT2D eigenvalue weighted by Crippen LogP contribution is 2.20. The van der Waals surface area contributed by atoms with Gasteiger partial charge in [-0.15, -0.1) is 0 Å². The van der Waals surface area contributed by atoms with Crippen molar-refractivity contribution in [3.63, 3.8) is 0 Å². The molecule has 2 atom stereocenters. The van der Waals surface area contributed by atoms with Gasteiger partial charge in [-0.25, -0.2) is 0 Å². The van der Waals surface area contributed by atoms with Crippen LogP contribution < -0.4 is 5.32 Å². The van der Waals surface area contributed by atoms with Crippen LogP contribution in [0.15, 0.2) is 0 Å². The van der Waals surface area contributed by atoms with Crippen LogP contribution in [0, 0.1) is 0 Å². The second-order valence-electron chi connectivity index (χ2n) is 6.44. The van der Waals surface area contributed by atoms with Gasteiger partial charge in [0, 0.05) is 18.6 Å². The van der Waals surface area contributed by atoms with E-state index >= 15 is 0 Å². The fraction of sp³-hybridized carbons (Fsp3) is 1.00. The first-order valence-corrected chi connectivity index (χ1v) is 8.49. The number of hydrogen-bond donors (Lipinski definition) is 1. The largest absolute Gasteiger partial charge is 0.315 e. The van der Waals surface area contributed by atoms with Crippen molar-refractivity contribution in [1.29, 1.82) is 0 Å². The topological polar surface area (TPSA) is 18.5 Å². The fourth-order valence-corrected chi connectivity index (χ4v) is 3.66. The Morgan fingerprint density at radius 1 is 1.16 bits per heavy atom. The van der Waals surface area contributed by atoms with Crippen LogP contribution in [0.1, 0.15) is 52.4 Å². The van der Waals surface area contributed by atoms with Crippen LogP contribution in [0.4, 0.5) is 0 Å². The number of hydrogen-bond acceptors (Lipinski definition) is 3. The third-order valence-corrected chi connectivity index (χ3v) is 4.82. The van der Waals surface area contributed by atoms with E-state index in [1.165, 1.54) is 71.2 Å². The van der Waals surface area contributed by atoms with E-state index in [2.05, 4.69) is 29.0 Å². The van der Waals surface area contributed by atoms with Crippen molar-refractivity contribution in [2.45, 2.75) is 64.5 Å². The molecular weight excluding hydrogens is 234 g/mol. The molecule has 2 unspecified atom stereocenters. The maximum atomic E-state index is 3.50. The van der Waals surface area contributed by atoms with Gasteiger partial charge in [-0.1, -0.05) is 13.3 Å². The molecule has 0 amide bonds. The second kappa shape index (κ2) is 8.23. The zero-order valence-corrected chi connectivity index (χ0v) is 13.0. The lowest BCUT2D eigenvalue weighted by Gasteiger charge is -2.23. The summed E-state index contributed by atoms with van der Waals surface area (Å²) in [6.07, 6.45) is 8.35. The summed E-state index contributed by atoms with van der Waals surface area (Å²) in [4.78, 5) is 5.42. The maximum Gasteiger partial charge on any atom is 0.0235 e. The summed E-state index contributed by atoms with van der Waals surface area (Å²) in [6, 6.07) is 1.57. The summed E-state index contributed by atoms with van der Waals surface area (Å²) < 4.78 is 0. The van der Waals surface area contributed by atoms with E-state index in [1.807, 2.05) is 0 Å². The average Bonchev–Trinajstić information content (AvgIpc) is 3.05.